The van der Waals surface area contributed by atoms with Gasteiger partial charge < -0.3 is 10.1 Å². The second-order valence-corrected chi connectivity index (χ2v) is 6.54. The van der Waals surface area contributed by atoms with Gasteiger partial charge in [-0.3, -0.25) is 14.5 Å². The van der Waals surface area contributed by atoms with Crippen molar-refractivity contribution in [3.63, 3.8) is 0 Å². The number of ether oxygens (including phenoxy) is 1. The third-order valence-electron chi connectivity index (χ3n) is 4.66. The summed E-state index contributed by atoms with van der Waals surface area (Å²) >= 11 is 0. The number of esters is 1. The van der Waals surface area contributed by atoms with E-state index in [1.807, 2.05) is 24.3 Å². The summed E-state index contributed by atoms with van der Waals surface area (Å²) in [7, 11) is 1.29. The summed E-state index contributed by atoms with van der Waals surface area (Å²) in [5, 5.41) is 2.57. The van der Waals surface area contributed by atoms with Gasteiger partial charge in [-0.2, -0.15) is 13.2 Å². The zero-order valence-corrected chi connectivity index (χ0v) is 15.1. The number of benzene rings is 2. The van der Waals surface area contributed by atoms with Crippen LogP contribution in [0.2, 0.25) is 0 Å². The highest BCUT2D eigenvalue weighted by atomic mass is 19.4. The number of amides is 1. The van der Waals surface area contributed by atoms with Gasteiger partial charge in [0.2, 0.25) is 5.91 Å². The Hall–Kier alpha value is -2.87. The van der Waals surface area contributed by atoms with Crippen molar-refractivity contribution in [2.45, 2.75) is 25.2 Å². The molecule has 28 heavy (non-hydrogen) atoms. The molecule has 0 aromatic heterocycles. The molecule has 2 aromatic rings. The van der Waals surface area contributed by atoms with Gasteiger partial charge in [0.1, 0.15) is 6.04 Å². The zero-order valence-electron chi connectivity index (χ0n) is 15.1. The number of halogens is 3. The van der Waals surface area contributed by atoms with Crippen molar-refractivity contribution in [3.8, 4) is 0 Å². The fourth-order valence-electron chi connectivity index (χ4n) is 3.24. The van der Waals surface area contributed by atoms with Crippen molar-refractivity contribution in [1.29, 1.82) is 0 Å². The van der Waals surface area contributed by atoms with Gasteiger partial charge in [0, 0.05) is 12.2 Å². The van der Waals surface area contributed by atoms with Crippen molar-refractivity contribution >= 4 is 17.6 Å². The van der Waals surface area contributed by atoms with Crippen LogP contribution in [-0.4, -0.2) is 36.5 Å². The van der Waals surface area contributed by atoms with E-state index in [1.54, 1.807) is 4.90 Å². The predicted octanol–water partition coefficient (Wildman–Crippen LogP) is 3.24. The average molecular weight is 392 g/mol. The van der Waals surface area contributed by atoms with Gasteiger partial charge in [0.05, 0.1) is 19.2 Å². The Labute approximate surface area is 160 Å². The summed E-state index contributed by atoms with van der Waals surface area (Å²) in [4.78, 5) is 26.3. The molecule has 5 nitrogen and oxygen atoms in total. The normalized spacial score (nSPS) is 16.9. The quantitative estimate of drug-likeness (QED) is 0.812. The van der Waals surface area contributed by atoms with Crippen LogP contribution in [0.3, 0.4) is 0 Å². The number of carbonyl (C=O) groups excluding carboxylic acids is 2. The van der Waals surface area contributed by atoms with Gasteiger partial charge in [-0.25, -0.2) is 0 Å². The van der Waals surface area contributed by atoms with Gasteiger partial charge in [0.15, 0.2) is 0 Å². The van der Waals surface area contributed by atoms with Crippen LogP contribution in [-0.2, 0) is 33.5 Å². The summed E-state index contributed by atoms with van der Waals surface area (Å²) in [6, 6.07) is 11.3. The summed E-state index contributed by atoms with van der Waals surface area (Å²) in [5.41, 5.74) is 1.51. The fraction of sp³-hybridized carbons (Fsp3) is 0.300. The minimum Gasteiger partial charge on any atom is -0.468 e. The Bertz CT molecular complexity index is 866. The molecule has 1 N–H and O–H groups in total. The highest BCUT2D eigenvalue weighted by Crippen LogP contribution is 2.30. The van der Waals surface area contributed by atoms with E-state index in [0.29, 0.717) is 13.0 Å². The minimum absolute atomic E-state index is 0.0882. The minimum atomic E-state index is -4.43. The van der Waals surface area contributed by atoms with Crippen LogP contribution in [0.15, 0.2) is 48.5 Å². The van der Waals surface area contributed by atoms with Crippen molar-refractivity contribution in [1.82, 2.24) is 4.90 Å². The predicted molar refractivity (Wildman–Crippen MR) is 96.4 cm³/mol. The molecule has 1 aliphatic heterocycles. The Kier molecular flexibility index (Phi) is 5.69. The second-order valence-electron chi connectivity index (χ2n) is 6.54. The molecule has 0 radical (unpaired) electrons. The number of alkyl halides is 3. The second kappa shape index (κ2) is 8.02. The van der Waals surface area contributed by atoms with Gasteiger partial charge in [-0.05, 0) is 41.8 Å². The number of hydrogen-bond acceptors (Lipinski definition) is 4. The zero-order chi connectivity index (χ0) is 20.3. The van der Waals surface area contributed by atoms with Gasteiger partial charge in [-0.1, -0.05) is 24.3 Å². The van der Waals surface area contributed by atoms with Crippen LogP contribution in [0, 0.1) is 0 Å². The molecule has 0 spiro atoms. The molecule has 148 valence electrons. The van der Waals surface area contributed by atoms with Gasteiger partial charge in [0.25, 0.3) is 0 Å². The maximum Gasteiger partial charge on any atom is 0.416 e. The smallest absolute Gasteiger partial charge is 0.416 e. The van der Waals surface area contributed by atoms with E-state index in [4.69, 9.17) is 4.74 Å². The van der Waals surface area contributed by atoms with Crippen molar-refractivity contribution in [3.05, 3.63) is 65.2 Å². The van der Waals surface area contributed by atoms with Gasteiger partial charge >= 0.3 is 12.1 Å². The number of rotatable bonds is 4. The van der Waals surface area contributed by atoms with Crippen molar-refractivity contribution < 1.29 is 27.5 Å². The number of nitrogens with one attached hydrogen (secondary N) is 1. The van der Waals surface area contributed by atoms with Crippen LogP contribution in [0.1, 0.15) is 16.7 Å². The number of nitrogens with zero attached hydrogens (tertiary/aromatic N) is 1. The molecule has 0 bridgehead atoms. The fourth-order valence-corrected chi connectivity index (χ4v) is 3.24. The Morgan fingerprint density at radius 1 is 1.11 bits per heavy atom. The van der Waals surface area contributed by atoms with Crippen LogP contribution in [0.5, 0.6) is 0 Å². The summed E-state index contributed by atoms with van der Waals surface area (Å²) in [6.45, 7) is 0.311. The first kappa shape index (κ1) is 19.9. The topological polar surface area (TPSA) is 58.6 Å². The molecule has 1 atom stereocenters. The number of anilines is 1. The Morgan fingerprint density at radius 3 is 2.36 bits per heavy atom. The first-order chi connectivity index (χ1) is 13.3. The SMILES string of the molecule is COC(=O)C1Cc2ccccc2CN1CC(=O)Nc1ccc(C(F)(F)F)cc1. The van der Waals surface area contributed by atoms with E-state index in [0.717, 1.165) is 23.3 Å². The monoisotopic (exact) mass is 392 g/mol. The Morgan fingerprint density at radius 2 is 1.75 bits per heavy atom. The lowest BCUT2D eigenvalue weighted by Gasteiger charge is -2.34. The van der Waals surface area contributed by atoms with Gasteiger partial charge in [-0.15, -0.1) is 0 Å². The van der Waals surface area contributed by atoms with E-state index in [1.165, 1.54) is 19.2 Å². The molecule has 8 heteroatoms. The van der Waals surface area contributed by atoms with E-state index >= 15 is 0 Å². The molecular weight excluding hydrogens is 373 g/mol. The van der Waals surface area contributed by atoms with E-state index < -0.39 is 29.7 Å². The number of carbonyl (C=O) groups is 2. The number of fused-ring (bicyclic) bond motifs is 1. The molecule has 1 unspecified atom stereocenters. The first-order valence-corrected chi connectivity index (χ1v) is 8.63. The number of hydrogen-bond donors (Lipinski definition) is 1. The molecule has 0 aliphatic carbocycles. The van der Waals surface area contributed by atoms with E-state index in [9.17, 15) is 22.8 Å². The lowest BCUT2D eigenvalue weighted by Crippen LogP contribution is -2.49. The maximum absolute atomic E-state index is 12.6. The molecule has 0 saturated carbocycles. The highest BCUT2D eigenvalue weighted by molar-refractivity contribution is 5.92. The van der Waals surface area contributed by atoms with E-state index in [2.05, 4.69) is 5.32 Å². The van der Waals surface area contributed by atoms with Crippen molar-refractivity contribution in [2.75, 3.05) is 19.0 Å². The van der Waals surface area contributed by atoms with Crippen LogP contribution in [0.25, 0.3) is 0 Å². The summed E-state index contributed by atoms with van der Waals surface area (Å²) in [5.74, 6) is -0.857. The largest absolute Gasteiger partial charge is 0.468 e. The molecule has 0 fully saturated rings. The van der Waals surface area contributed by atoms with Crippen LogP contribution >= 0.6 is 0 Å². The molecule has 0 saturated heterocycles. The molecule has 1 aliphatic rings. The number of methoxy groups -OCH3 is 1. The lowest BCUT2D eigenvalue weighted by atomic mass is 9.94. The summed E-state index contributed by atoms with van der Waals surface area (Å²) in [6.07, 6.45) is -4.01. The highest BCUT2D eigenvalue weighted by Gasteiger charge is 2.33. The molecule has 2 aromatic carbocycles. The third kappa shape index (κ3) is 4.51. The lowest BCUT2D eigenvalue weighted by molar-refractivity contribution is -0.148. The first-order valence-electron chi connectivity index (χ1n) is 8.63. The van der Waals surface area contributed by atoms with Crippen LogP contribution in [0.4, 0.5) is 18.9 Å². The average Bonchev–Trinajstić information content (AvgIpc) is 2.66. The van der Waals surface area contributed by atoms with Crippen molar-refractivity contribution in [2.24, 2.45) is 0 Å². The maximum atomic E-state index is 12.6. The standard InChI is InChI=1S/C20H19F3N2O3/c1-28-19(27)17-10-13-4-2-3-5-14(13)11-25(17)12-18(26)24-16-8-6-15(7-9-16)20(21,22)23/h2-9,17H,10-12H2,1H3,(H,24,26). The molecular formula is C20H19F3N2O3. The van der Waals surface area contributed by atoms with Crippen LogP contribution < -0.4 is 5.32 Å². The molecule has 3 rings (SSSR count). The molecule has 1 heterocycles. The summed E-state index contributed by atoms with van der Waals surface area (Å²) < 4.78 is 42.7. The molecule has 1 amide bonds. The Balaban J connectivity index is 1.70. The van der Waals surface area contributed by atoms with E-state index in [-0.39, 0.29) is 12.2 Å². The third-order valence-corrected chi connectivity index (χ3v) is 4.66.